The van der Waals surface area contributed by atoms with Crippen molar-refractivity contribution < 1.29 is 0 Å². The van der Waals surface area contributed by atoms with Crippen molar-refractivity contribution in [2.24, 2.45) is 0 Å². The first kappa shape index (κ1) is 61.0. The van der Waals surface area contributed by atoms with Crippen molar-refractivity contribution in [1.29, 1.82) is 0 Å². The Morgan fingerprint density at radius 2 is 0.654 bits per heavy atom. The van der Waals surface area contributed by atoms with Crippen LogP contribution in [0.1, 0.15) is 26.3 Å². The Kier molecular flexibility index (Phi) is 13.4. The summed E-state index contributed by atoms with van der Waals surface area (Å²) >= 11 is 0. The molecule has 0 saturated heterocycles. The largest absolute Gasteiger partial charge is 0.311 e. The van der Waals surface area contributed by atoms with Crippen LogP contribution in [-0.2, 0) is 5.41 Å². The van der Waals surface area contributed by atoms with Gasteiger partial charge in [-0.1, -0.05) is 312 Å². The zero-order valence-electron chi connectivity index (χ0n) is 59.5. The maximum atomic E-state index is 2.65. The van der Waals surface area contributed by atoms with E-state index in [-0.39, 0.29) is 12.1 Å². The molecular formula is C102H69BN4. The van der Waals surface area contributed by atoms with Gasteiger partial charge < -0.3 is 18.9 Å². The fraction of sp³-hybridized carbons (Fsp3) is 0.0392. The number of anilines is 6. The van der Waals surface area contributed by atoms with Crippen LogP contribution >= 0.6 is 0 Å². The van der Waals surface area contributed by atoms with E-state index in [1.54, 1.807) is 0 Å². The SMILES string of the molecule is CC(C)(C)c1cc2c3c(c1)N(c1ccccc1-c1ccccc1)c1cc(-n4c5ccc(-c6cccc7ccccc67)cc5c5c6ccccc6c6ccccc6c54)ccc1B3c1ccc(-n3c4ccc(-c5cccc6ccccc56)cc4c4ccc5ccccc5c43)cc1N2c1ccccc1-c1ccccc1. The van der Waals surface area contributed by atoms with E-state index in [1.807, 2.05) is 0 Å². The van der Waals surface area contributed by atoms with Gasteiger partial charge >= 0.3 is 0 Å². The van der Waals surface area contributed by atoms with Gasteiger partial charge in [-0.25, -0.2) is 0 Å². The highest BCUT2D eigenvalue weighted by molar-refractivity contribution is 7.00. The molecule has 20 aromatic rings. The van der Waals surface area contributed by atoms with Crippen LogP contribution in [0.2, 0.25) is 0 Å². The average molecular weight is 1360 g/mol. The summed E-state index contributed by atoms with van der Waals surface area (Å²) in [6, 6.07) is 137. The minimum absolute atomic E-state index is 0.212. The van der Waals surface area contributed by atoms with Crippen LogP contribution in [0.25, 0.3) is 153 Å². The molecule has 0 N–H and O–H groups in total. The van der Waals surface area contributed by atoms with E-state index in [0.29, 0.717) is 0 Å². The van der Waals surface area contributed by atoms with Gasteiger partial charge in [0.2, 0.25) is 0 Å². The molecule has 0 radical (unpaired) electrons. The van der Waals surface area contributed by atoms with Gasteiger partial charge in [0.25, 0.3) is 6.71 Å². The zero-order chi connectivity index (χ0) is 70.8. The lowest BCUT2D eigenvalue weighted by atomic mass is 9.33. The molecule has 2 aromatic heterocycles. The molecule has 0 aliphatic carbocycles. The van der Waals surface area contributed by atoms with Crippen LogP contribution in [0, 0.1) is 0 Å². The number of para-hydroxylation sites is 2. The molecule has 22 rings (SSSR count). The van der Waals surface area contributed by atoms with Crippen LogP contribution in [0.3, 0.4) is 0 Å². The van der Waals surface area contributed by atoms with E-state index in [9.17, 15) is 0 Å². The summed E-state index contributed by atoms with van der Waals surface area (Å²) in [6.45, 7) is 6.93. The molecule has 2 aliphatic heterocycles. The Balaban J connectivity index is 0.849. The molecule has 0 amide bonds. The minimum atomic E-state index is -0.285. The molecule has 5 heteroatoms. The van der Waals surface area contributed by atoms with Crippen LogP contribution < -0.4 is 26.2 Å². The number of nitrogens with zero attached hydrogens (tertiary/aromatic N) is 4. The molecule has 4 heterocycles. The van der Waals surface area contributed by atoms with E-state index in [1.165, 1.54) is 131 Å². The van der Waals surface area contributed by atoms with Gasteiger partial charge in [-0.05, 0) is 177 Å². The number of hydrogen-bond donors (Lipinski definition) is 0. The van der Waals surface area contributed by atoms with Crippen molar-refractivity contribution in [3.8, 4) is 55.9 Å². The first-order valence-corrected chi connectivity index (χ1v) is 37.4. The Hall–Kier alpha value is -13.5. The predicted octanol–water partition coefficient (Wildman–Crippen LogP) is 25.7. The average Bonchev–Trinajstić information content (AvgIpc) is 1.57. The lowest BCUT2D eigenvalue weighted by Crippen LogP contribution is -2.61. The summed E-state index contributed by atoms with van der Waals surface area (Å²) in [5.74, 6) is 0. The fourth-order valence-corrected chi connectivity index (χ4v) is 18.5. The summed E-state index contributed by atoms with van der Waals surface area (Å²) in [5.41, 5.74) is 27.9. The number of fused-ring (bicyclic) bond motifs is 19. The maximum absolute atomic E-state index is 2.65. The summed E-state index contributed by atoms with van der Waals surface area (Å²) in [5, 5.41) is 17.2. The number of rotatable bonds is 8. The van der Waals surface area contributed by atoms with Gasteiger partial charge in [0.15, 0.2) is 0 Å². The Morgan fingerprint density at radius 3 is 1.21 bits per heavy atom. The normalized spacial score (nSPS) is 12.8. The van der Waals surface area contributed by atoms with Gasteiger partial charge in [0.05, 0.1) is 33.4 Å². The Bertz CT molecular complexity index is 7130. The van der Waals surface area contributed by atoms with E-state index < -0.39 is 0 Å². The topological polar surface area (TPSA) is 16.3 Å². The van der Waals surface area contributed by atoms with Crippen LogP contribution in [-0.4, -0.2) is 15.8 Å². The monoisotopic (exact) mass is 1360 g/mol. The van der Waals surface area contributed by atoms with Gasteiger partial charge in [0.1, 0.15) is 0 Å². The van der Waals surface area contributed by atoms with Gasteiger partial charge in [-0.2, -0.15) is 0 Å². The van der Waals surface area contributed by atoms with Gasteiger partial charge in [-0.3, -0.25) is 0 Å². The second-order valence-corrected chi connectivity index (χ2v) is 30.2. The third-order valence-corrected chi connectivity index (χ3v) is 23.4. The highest BCUT2D eigenvalue weighted by Gasteiger charge is 2.45. The number of aromatic nitrogens is 2. The molecule has 0 atom stereocenters. The first-order valence-electron chi connectivity index (χ1n) is 37.4. The molecule has 2 aliphatic rings. The van der Waals surface area contributed by atoms with Crippen molar-refractivity contribution in [3.63, 3.8) is 0 Å². The van der Waals surface area contributed by atoms with Gasteiger partial charge in [-0.15, -0.1) is 0 Å². The van der Waals surface area contributed by atoms with Gasteiger partial charge in [0, 0.05) is 77.6 Å². The number of benzene rings is 18. The van der Waals surface area contributed by atoms with E-state index in [0.717, 1.165) is 78.8 Å². The van der Waals surface area contributed by atoms with Crippen molar-refractivity contribution in [3.05, 3.63) is 370 Å². The standard InChI is InChI=1S/C102H69BN4/c1-102(2,3)71-60-96-99-97(61-71)107(91-47-23-21-38-79(91)67-28-8-5-9-29-67)95-63-73(105-93-57-50-70(77-45-25-34-65-31-11-14-36-75(65)77)59-87(93)98-83-42-18-16-40-81(83)82-41-17-19-43-84(82)101(98)105)52-55-89(95)103(99)88-54-51-72(62-94(88)106(96)90-46-22-20-37-78(90)66-26-6-4-7-27-66)104-92-56-49-69(76-44-24-33-64-30-10-13-35-74(64)76)58-86(92)85-53-48-68-32-12-15-39-80(68)100(85)104/h4-63H,1-3H3. The molecule has 0 bridgehead atoms. The molecule has 0 spiro atoms. The van der Waals surface area contributed by atoms with Crippen molar-refractivity contribution in [1.82, 2.24) is 9.13 Å². The quantitative estimate of drug-likeness (QED) is 0.111. The summed E-state index contributed by atoms with van der Waals surface area (Å²) in [4.78, 5) is 5.30. The predicted molar refractivity (Wildman–Crippen MR) is 457 cm³/mol. The maximum Gasteiger partial charge on any atom is 0.252 e. The summed E-state index contributed by atoms with van der Waals surface area (Å²) in [6.07, 6.45) is 0. The molecule has 4 nitrogen and oxygen atoms in total. The molecule has 0 unspecified atom stereocenters. The molecule has 107 heavy (non-hydrogen) atoms. The Labute approximate surface area is 621 Å². The van der Waals surface area contributed by atoms with Crippen LogP contribution in [0.15, 0.2) is 364 Å². The lowest BCUT2D eigenvalue weighted by molar-refractivity contribution is 0.590. The molecular weight excluding hydrogens is 1290 g/mol. The third kappa shape index (κ3) is 9.24. The molecule has 18 aromatic carbocycles. The molecule has 0 saturated carbocycles. The fourth-order valence-electron chi connectivity index (χ4n) is 18.5. The minimum Gasteiger partial charge on any atom is -0.311 e. The Morgan fingerprint density at radius 1 is 0.243 bits per heavy atom. The highest BCUT2D eigenvalue weighted by Crippen LogP contribution is 2.53. The second-order valence-electron chi connectivity index (χ2n) is 30.2. The first-order chi connectivity index (χ1) is 52.8. The van der Waals surface area contributed by atoms with Crippen molar-refractivity contribution >= 4 is 155 Å². The lowest BCUT2D eigenvalue weighted by Gasteiger charge is -2.46. The highest BCUT2D eigenvalue weighted by atomic mass is 15.2. The van der Waals surface area contributed by atoms with E-state index >= 15 is 0 Å². The van der Waals surface area contributed by atoms with Crippen molar-refractivity contribution in [2.45, 2.75) is 26.2 Å². The number of hydrogen-bond acceptors (Lipinski definition) is 2. The van der Waals surface area contributed by atoms with Crippen molar-refractivity contribution in [2.75, 3.05) is 9.80 Å². The van der Waals surface area contributed by atoms with E-state index in [4.69, 9.17) is 0 Å². The summed E-state index contributed by atoms with van der Waals surface area (Å²) < 4.78 is 5.17. The van der Waals surface area contributed by atoms with E-state index in [2.05, 4.69) is 404 Å². The third-order valence-electron chi connectivity index (χ3n) is 23.4. The zero-order valence-corrected chi connectivity index (χ0v) is 59.5. The molecule has 500 valence electrons. The smallest absolute Gasteiger partial charge is 0.252 e. The summed E-state index contributed by atoms with van der Waals surface area (Å²) in [7, 11) is 0. The van der Waals surface area contributed by atoms with Crippen LogP contribution in [0.5, 0.6) is 0 Å². The van der Waals surface area contributed by atoms with Crippen LogP contribution in [0.4, 0.5) is 34.1 Å². The second kappa shape index (κ2) is 23.5. The molecule has 0 fully saturated rings.